The monoisotopic (exact) mass is 167 g/mol. The second-order valence-electron chi connectivity index (χ2n) is 3.28. The molecule has 1 saturated carbocycles. The molecule has 1 N–H and O–H groups in total. The molecule has 0 radical (unpaired) electrons. The topological polar surface area (TPSA) is 39.1 Å². The molecule has 0 aromatic rings. The summed E-state index contributed by atoms with van der Waals surface area (Å²) in [5, 5.41) is 11.6. The summed E-state index contributed by atoms with van der Waals surface area (Å²) in [6.07, 6.45) is 3.32. The highest BCUT2D eigenvalue weighted by Crippen LogP contribution is 2.26. The van der Waals surface area contributed by atoms with Crippen LogP contribution in [-0.2, 0) is 0 Å². The molecule has 0 amide bonds. The number of rotatable bonds is 6. The molecule has 1 aliphatic rings. The molecule has 1 aliphatic carbocycles. The summed E-state index contributed by atoms with van der Waals surface area (Å²) < 4.78 is 0. The maximum atomic E-state index is 8.45. The van der Waals surface area contributed by atoms with Gasteiger partial charge in [0.1, 0.15) is 0 Å². The van der Waals surface area contributed by atoms with E-state index in [0.717, 1.165) is 25.7 Å². The Kier molecular flexibility index (Phi) is 4.06. The first-order valence-corrected chi connectivity index (χ1v) is 4.64. The molecule has 1 rings (SSSR count). The van der Waals surface area contributed by atoms with E-state index in [2.05, 4.69) is 16.3 Å². The highest BCUT2D eigenvalue weighted by molar-refractivity contribution is 4.86. The molecule has 3 heteroatoms. The number of hydrogen-bond acceptors (Lipinski definition) is 3. The van der Waals surface area contributed by atoms with Crippen LogP contribution in [0.25, 0.3) is 0 Å². The lowest BCUT2D eigenvalue weighted by Crippen LogP contribution is -2.33. The molecule has 0 bridgehead atoms. The molecule has 0 aliphatic heterocycles. The summed E-state index contributed by atoms with van der Waals surface area (Å²) in [5.41, 5.74) is 0. The second kappa shape index (κ2) is 5.13. The van der Waals surface area contributed by atoms with E-state index in [0.29, 0.717) is 6.42 Å². The van der Waals surface area contributed by atoms with E-state index >= 15 is 0 Å². The van der Waals surface area contributed by atoms with Crippen molar-refractivity contribution in [3.05, 3.63) is 0 Å². The van der Waals surface area contributed by atoms with Crippen LogP contribution >= 0.6 is 0 Å². The lowest BCUT2D eigenvalue weighted by molar-refractivity contribution is 0.271. The SMILES string of the molecule is CNCCN(CCC#N)C1CC1. The quantitative estimate of drug-likeness (QED) is 0.629. The van der Waals surface area contributed by atoms with E-state index in [1.165, 1.54) is 12.8 Å². The Morgan fingerprint density at radius 2 is 2.25 bits per heavy atom. The van der Waals surface area contributed by atoms with Crippen LogP contribution in [0.3, 0.4) is 0 Å². The molecule has 0 unspecified atom stereocenters. The van der Waals surface area contributed by atoms with Gasteiger partial charge in [-0.05, 0) is 19.9 Å². The van der Waals surface area contributed by atoms with Crippen LogP contribution in [0.5, 0.6) is 0 Å². The van der Waals surface area contributed by atoms with E-state index in [9.17, 15) is 0 Å². The van der Waals surface area contributed by atoms with Crippen molar-refractivity contribution in [2.75, 3.05) is 26.7 Å². The summed E-state index contributed by atoms with van der Waals surface area (Å²) in [6.45, 7) is 3.06. The Labute approximate surface area is 74.4 Å². The summed E-state index contributed by atoms with van der Waals surface area (Å²) in [5.74, 6) is 0. The van der Waals surface area contributed by atoms with Crippen molar-refractivity contribution in [1.29, 1.82) is 5.26 Å². The molecule has 0 aromatic heterocycles. The number of nitriles is 1. The van der Waals surface area contributed by atoms with Gasteiger partial charge in [-0.15, -0.1) is 0 Å². The highest BCUT2D eigenvalue weighted by Gasteiger charge is 2.27. The first-order chi connectivity index (χ1) is 5.88. The lowest BCUT2D eigenvalue weighted by Gasteiger charge is -2.19. The molecule has 0 aromatic carbocycles. The highest BCUT2D eigenvalue weighted by atomic mass is 15.2. The fourth-order valence-corrected chi connectivity index (χ4v) is 1.37. The minimum Gasteiger partial charge on any atom is -0.318 e. The van der Waals surface area contributed by atoms with Gasteiger partial charge in [-0.25, -0.2) is 0 Å². The third kappa shape index (κ3) is 3.21. The van der Waals surface area contributed by atoms with Gasteiger partial charge in [-0.3, -0.25) is 4.90 Å². The minimum absolute atomic E-state index is 0.667. The van der Waals surface area contributed by atoms with Crippen molar-refractivity contribution in [1.82, 2.24) is 10.2 Å². The van der Waals surface area contributed by atoms with Crippen LogP contribution in [0.2, 0.25) is 0 Å². The lowest BCUT2D eigenvalue weighted by atomic mass is 10.4. The predicted molar refractivity (Wildman–Crippen MR) is 48.8 cm³/mol. The average molecular weight is 167 g/mol. The number of nitrogens with zero attached hydrogens (tertiary/aromatic N) is 2. The third-order valence-corrected chi connectivity index (χ3v) is 2.22. The summed E-state index contributed by atoms with van der Waals surface area (Å²) in [4.78, 5) is 2.42. The Morgan fingerprint density at radius 1 is 1.50 bits per heavy atom. The molecule has 0 atom stereocenters. The number of nitrogens with one attached hydrogen (secondary N) is 1. The van der Waals surface area contributed by atoms with E-state index in [1.54, 1.807) is 0 Å². The molecule has 12 heavy (non-hydrogen) atoms. The predicted octanol–water partition coefficient (Wildman–Crippen LogP) is 0.584. The molecule has 0 saturated heterocycles. The van der Waals surface area contributed by atoms with E-state index < -0.39 is 0 Å². The van der Waals surface area contributed by atoms with E-state index in [-0.39, 0.29) is 0 Å². The van der Waals surface area contributed by atoms with Crippen molar-refractivity contribution in [2.45, 2.75) is 25.3 Å². The maximum Gasteiger partial charge on any atom is 0.0635 e. The second-order valence-corrected chi connectivity index (χ2v) is 3.28. The number of hydrogen-bond donors (Lipinski definition) is 1. The van der Waals surface area contributed by atoms with Gasteiger partial charge >= 0.3 is 0 Å². The van der Waals surface area contributed by atoms with Gasteiger partial charge in [0, 0.05) is 32.1 Å². The first kappa shape index (κ1) is 9.50. The van der Waals surface area contributed by atoms with Crippen molar-refractivity contribution in [2.24, 2.45) is 0 Å². The van der Waals surface area contributed by atoms with E-state index in [1.807, 2.05) is 7.05 Å². The Morgan fingerprint density at radius 3 is 2.75 bits per heavy atom. The summed E-state index contributed by atoms with van der Waals surface area (Å²) in [6, 6.07) is 2.98. The fraction of sp³-hybridized carbons (Fsp3) is 0.889. The van der Waals surface area contributed by atoms with Crippen LogP contribution in [-0.4, -0.2) is 37.6 Å². The normalized spacial score (nSPS) is 16.4. The van der Waals surface area contributed by atoms with Gasteiger partial charge in [0.2, 0.25) is 0 Å². The van der Waals surface area contributed by atoms with Crippen molar-refractivity contribution < 1.29 is 0 Å². The molecular weight excluding hydrogens is 150 g/mol. The van der Waals surface area contributed by atoms with Gasteiger partial charge in [-0.1, -0.05) is 0 Å². The Bertz CT molecular complexity index is 158. The zero-order valence-corrected chi connectivity index (χ0v) is 7.71. The van der Waals surface area contributed by atoms with Crippen LogP contribution in [0, 0.1) is 11.3 Å². The molecule has 1 fully saturated rings. The van der Waals surface area contributed by atoms with Crippen LogP contribution in [0.1, 0.15) is 19.3 Å². The van der Waals surface area contributed by atoms with Crippen LogP contribution < -0.4 is 5.32 Å². The first-order valence-electron chi connectivity index (χ1n) is 4.64. The fourth-order valence-electron chi connectivity index (χ4n) is 1.37. The molecule has 3 nitrogen and oxygen atoms in total. The molecule has 68 valence electrons. The largest absolute Gasteiger partial charge is 0.318 e. The maximum absolute atomic E-state index is 8.45. The minimum atomic E-state index is 0.667. The molecule has 0 heterocycles. The zero-order valence-electron chi connectivity index (χ0n) is 7.71. The molecular formula is C9H17N3. The van der Waals surface area contributed by atoms with Crippen LogP contribution in [0.4, 0.5) is 0 Å². The summed E-state index contributed by atoms with van der Waals surface area (Å²) in [7, 11) is 1.97. The zero-order chi connectivity index (χ0) is 8.81. The van der Waals surface area contributed by atoms with Crippen molar-refractivity contribution >= 4 is 0 Å². The van der Waals surface area contributed by atoms with Gasteiger partial charge < -0.3 is 5.32 Å². The average Bonchev–Trinajstić information content (AvgIpc) is 2.88. The van der Waals surface area contributed by atoms with Crippen molar-refractivity contribution in [3.8, 4) is 6.07 Å². The van der Waals surface area contributed by atoms with Gasteiger partial charge in [-0.2, -0.15) is 5.26 Å². The standard InChI is InChI=1S/C9H17N3/c1-11-6-8-12(7-2-5-10)9-3-4-9/h9,11H,2-4,6-8H2,1H3. The van der Waals surface area contributed by atoms with Gasteiger partial charge in [0.05, 0.1) is 6.07 Å². The van der Waals surface area contributed by atoms with E-state index in [4.69, 9.17) is 5.26 Å². The number of likely N-dealkylation sites (N-methyl/N-ethyl adjacent to an activating group) is 1. The van der Waals surface area contributed by atoms with Crippen LogP contribution in [0.15, 0.2) is 0 Å². The van der Waals surface area contributed by atoms with Crippen molar-refractivity contribution in [3.63, 3.8) is 0 Å². The Balaban J connectivity index is 2.14. The third-order valence-electron chi connectivity index (χ3n) is 2.22. The molecule has 0 spiro atoms. The van der Waals surface area contributed by atoms with Gasteiger partial charge in [0.25, 0.3) is 0 Å². The summed E-state index contributed by atoms with van der Waals surface area (Å²) >= 11 is 0. The Hall–Kier alpha value is -0.590. The smallest absolute Gasteiger partial charge is 0.0635 e. The van der Waals surface area contributed by atoms with Gasteiger partial charge in [0.15, 0.2) is 0 Å².